The molecular formula is C31H29N3O3S. The third-order valence-electron chi connectivity index (χ3n) is 5.85. The number of nitrogens with one attached hydrogen (secondary N) is 2. The normalized spacial score (nSPS) is 10.3. The van der Waals surface area contributed by atoms with Crippen molar-refractivity contribution < 1.29 is 14.3 Å². The highest BCUT2D eigenvalue weighted by molar-refractivity contribution is 7.80. The fourth-order valence-corrected chi connectivity index (χ4v) is 4.18. The molecule has 4 aromatic carbocycles. The first-order chi connectivity index (χ1) is 18.5. The maximum absolute atomic E-state index is 13.2. The van der Waals surface area contributed by atoms with E-state index in [4.69, 9.17) is 17.0 Å². The van der Waals surface area contributed by atoms with Crippen molar-refractivity contribution >= 4 is 40.5 Å². The van der Waals surface area contributed by atoms with Crippen LogP contribution in [0.2, 0.25) is 0 Å². The monoisotopic (exact) mass is 523 g/mol. The van der Waals surface area contributed by atoms with Gasteiger partial charge in [0, 0.05) is 29.9 Å². The molecule has 7 heteroatoms. The lowest BCUT2D eigenvalue weighted by Crippen LogP contribution is -2.34. The highest BCUT2D eigenvalue weighted by atomic mass is 32.1. The van der Waals surface area contributed by atoms with E-state index in [9.17, 15) is 9.59 Å². The van der Waals surface area contributed by atoms with Crippen molar-refractivity contribution in [1.29, 1.82) is 0 Å². The minimum atomic E-state index is -0.383. The molecule has 0 spiro atoms. The lowest BCUT2D eigenvalue weighted by Gasteiger charge is -2.21. The van der Waals surface area contributed by atoms with E-state index in [1.807, 2.05) is 73.7 Å². The molecule has 0 radical (unpaired) electrons. The summed E-state index contributed by atoms with van der Waals surface area (Å²) in [5.41, 5.74) is 3.47. The standard InChI is InChI=1S/C31H29N3O3S/c1-2-34(26-16-7-4-8-17-26)30(36)24-14-11-15-25(22-24)32-31(38)33-29(35)27-18-9-10-19-28(27)37-21-20-23-12-5-3-6-13-23/h3-19,22H,2,20-21H2,1H3,(H2,32,33,35,38). The topological polar surface area (TPSA) is 70.7 Å². The van der Waals surface area contributed by atoms with Crippen LogP contribution in [0, 0.1) is 0 Å². The molecule has 0 atom stereocenters. The zero-order valence-corrected chi connectivity index (χ0v) is 21.9. The number of benzene rings is 4. The summed E-state index contributed by atoms with van der Waals surface area (Å²) in [6, 6.07) is 33.6. The maximum Gasteiger partial charge on any atom is 0.261 e. The Morgan fingerprint density at radius 1 is 0.842 bits per heavy atom. The van der Waals surface area contributed by atoms with Crippen molar-refractivity contribution in [1.82, 2.24) is 5.32 Å². The van der Waals surface area contributed by atoms with Gasteiger partial charge >= 0.3 is 0 Å². The molecule has 0 aliphatic heterocycles. The van der Waals surface area contributed by atoms with Gasteiger partial charge in [0.25, 0.3) is 11.8 Å². The number of para-hydroxylation sites is 2. The number of carbonyl (C=O) groups is 2. The number of hydrogen-bond acceptors (Lipinski definition) is 4. The summed E-state index contributed by atoms with van der Waals surface area (Å²) in [7, 11) is 0. The SMILES string of the molecule is CCN(C(=O)c1cccc(NC(=S)NC(=O)c2ccccc2OCCc2ccccc2)c1)c1ccccc1. The van der Waals surface area contributed by atoms with Crippen molar-refractivity contribution in [2.75, 3.05) is 23.4 Å². The summed E-state index contributed by atoms with van der Waals surface area (Å²) in [5, 5.41) is 5.83. The van der Waals surface area contributed by atoms with Crippen LogP contribution in [0.3, 0.4) is 0 Å². The highest BCUT2D eigenvalue weighted by Gasteiger charge is 2.17. The van der Waals surface area contributed by atoms with Crippen LogP contribution < -0.4 is 20.3 Å². The molecule has 0 aromatic heterocycles. The number of ether oxygens (including phenoxy) is 1. The van der Waals surface area contributed by atoms with Gasteiger partial charge in [0.05, 0.1) is 12.2 Å². The van der Waals surface area contributed by atoms with Crippen LogP contribution in [0.1, 0.15) is 33.2 Å². The van der Waals surface area contributed by atoms with E-state index >= 15 is 0 Å². The summed E-state index contributed by atoms with van der Waals surface area (Å²) in [6.45, 7) is 2.90. The van der Waals surface area contributed by atoms with Gasteiger partial charge in [0.2, 0.25) is 0 Å². The fraction of sp³-hybridized carbons (Fsp3) is 0.129. The second-order valence-electron chi connectivity index (χ2n) is 8.45. The number of hydrogen-bond donors (Lipinski definition) is 2. The molecule has 4 aromatic rings. The largest absolute Gasteiger partial charge is 0.492 e. The average Bonchev–Trinajstić information content (AvgIpc) is 2.95. The molecule has 0 aliphatic rings. The summed E-state index contributed by atoms with van der Waals surface area (Å²) < 4.78 is 5.91. The maximum atomic E-state index is 13.2. The van der Waals surface area contributed by atoms with Crippen molar-refractivity contribution in [2.45, 2.75) is 13.3 Å². The van der Waals surface area contributed by atoms with Crippen LogP contribution >= 0.6 is 12.2 Å². The third-order valence-corrected chi connectivity index (χ3v) is 6.05. The van der Waals surface area contributed by atoms with Crippen molar-refractivity contribution in [3.05, 3.63) is 126 Å². The minimum absolute atomic E-state index is 0.120. The minimum Gasteiger partial charge on any atom is -0.492 e. The van der Waals surface area contributed by atoms with Crippen LogP contribution in [-0.4, -0.2) is 30.1 Å². The van der Waals surface area contributed by atoms with Crippen LogP contribution in [0.15, 0.2) is 109 Å². The lowest BCUT2D eigenvalue weighted by molar-refractivity contribution is 0.0970. The molecule has 0 fully saturated rings. The molecular weight excluding hydrogens is 494 g/mol. The van der Waals surface area contributed by atoms with Gasteiger partial charge in [-0.15, -0.1) is 0 Å². The van der Waals surface area contributed by atoms with Gasteiger partial charge in [-0.05, 0) is 67.2 Å². The van der Waals surface area contributed by atoms with E-state index in [2.05, 4.69) is 10.6 Å². The number of nitrogens with zero attached hydrogens (tertiary/aromatic N) is 1. The number of thiocarbonyl (C=S) groups is 1. The van der Waals surface area contributed by atoms with E-state index < -0.39 is 0 Å². The fourth-order valence-electron chi connectivity index (χ4n) is 3.97. The molecule has 0 heterocycles. The molecule has 192 valence electrons. The smallest absolute Gasteiger partial charge is 0.261 e. The van der Waals surface area contributed by atoms with Gasteiger partial charge in [-0.25, -0.2) is 0 Å². The number of anilines is 2. The predicted molar refractivity (Wildman–Crippen MR) is 156 cm³/mol. The van der Waals surface area contributed by atoms with Crippen LogP contribution in [0.4, 0.5) is 11.4 Å². The molecule has 0 aliphatic carbocycles. The average molecular weight is 524 g/mol. The van der Waals surface area contributed by atoms with Gasteiger partial charge in [0.15, 0.2) is 5.11 Å². The Kier molecular flexibility index (Phi) is 9.21. The predicted octanol–water partition coefficient (Wildman–Crippen LogP) is 6.10. The summed E-state index contributed by atoms with van der Waals surface area (Å²) in [4.78, 5) is 27.9. The molecule has 0 saturated carbocycles. The summed E-state index contributed by atoms with van der Waals surface area (Å²) in [6.07, 6.45) is 0.728. The Morgan fingerprint density at radius 2 is 1.53 bits per heavy atom. The first kappa shape index (κ1) is 26.6. The molecule has 4 rings (SSSR count). The van der Waals surface area contributed by atoms with Gasteiger partial charge in [-0.3, -0.25) is 14.9 Å². The number of rotatable bonds is 9. The number of amides is 2. The second-order valence-corrected chi connectivity index (χ2v) is 8.86. The Morgan fingerprint density at radius 3 is 2.26 bits per heavy atom. The molecule has 0 unspecified atom stereocenters. The Balaban J connectivity index is 1.37. The van der Waals surface area contributed by atoms with Crippen molar-refractivity contribution in [3.8, 4) is 5.75 Å². The zero-order chi connectivity index (χ0) is 26.7. The summed E-state index contributed by atoms with van der Waals surface area (Å²) >= 11 is 5.39. The van der Waals surface area contributed by atoms with Crippen molar-refractivity contribution in [2.24, 2.45) is 0 Å². The molecule has 0 saturated heterocycles. The van der Waals surface area contributed by atoms with Crippen LogP contribution in [0.25, 0.3) is 0 Å². The molecule has 38 heavy (non-hydrogen) atoms. The molecule has 6 nitrogen and oxygen atoms in total. The van der Waals surface area contributed by atoms with E-state index in [1.165, 1.54) is 0 Å². The lowest BCUT2D eigenvalue weighted by atomic mass is 10.1. The molecule has 2 N–H and O–H groups in total. The van der Waals surface area contributed by atoms with Gasteiger partial charge in [0.1, 0.15) is 5.75 Å². The van der Waals surface area contributed by atoms with E-state index in [0.29, 0.717) is 35.7 Å². The van der Waals surface area contributed by atoms with Crippen LogP contribution in [-0.2, 0) is 6.42 Å². The Bertz CT molecular complexity index is 1390. The van der Waals surface area contributed by atoms with Crippen molar-refractivity contribution in [3.63, 3.8) is 0 Å². The summed E-state index contributed by atoms with van der Waals surface area (Å²) in [5.74, 6) is -0.0259. The first-order valence-electron chi connectivity index (χ1n) is 12.4. The Labute approximate surface area is 228 Å². The van der Waals surface area contributed by atoms with E-state index in [-0.39, 0.29) is 16.9 Å². The third kappa shape index (κ3) is 7.05. The van der Waals surface area contributed by atoms with E-state index in [1.54, 1.807) is 47.4 Å². The molecule has 2 amide bonds. The Hall–Kier alpha value is -4.49. The van der Waals surface area contributed by atoms with Gasteiger partial charge in [-0.2, -0.15) is 0 Å². The zero-order valence-electron chi connectivity index (χ0n) is 21.1. The highest BCUT2D eigenvalue weighted by Crippen LogP contribution is 2.20. The van der Waals surface area contributed by atoms with E-state index in [0.717, 1.165) is 17.7 Å². The van der Waals surface area contributed by atoms with Gasteiger partial charge in [-0.1, -0.05) is 66.7 Å². The first-order valence-corrected chi connectivity index (χ1v) is 12.8. The number of carbonyl (C=O) groups excluding carboxylic acids is 2. The second kappa shape index (κ2) is 13.2. The van der Waals surface area contributed by atoms with Gasteiger partial charge < -0.3 is 15.0 Å². The van der Waals surface area contributed by atoms with Crippen LogP contribution in [0.5, 0.6) is 5.75 Å². The molecule has 0 bridgehead atoms. The quantitative estimate of drug-likeness (QED) is 0.259.